The molecule has 0 radical (unpaired) electrons. The van der Waals surface area contributed by atoms with E-state index in [0.29, 0.717) is 5.75 Å². The molecule has 7 nitrogen and oxygen atoms in total. The largest absolute Gasteiger partial charge is 0.497 e. The normalized spacial score (nSPS) is 11.2. The van der Waals surface area contributed by atoms with Crippen molar-refractivity contribution >= 4 is 11.7 Å². The van der Waals surface area contributed by atoms with Gasteiger partial charge in [0, 0.05) is 6.07 Å². The summed E-state index contributed by atoms with van der Waals surface area (Å²) in [6, 6.07) is 5.59. The average Bonchev–Trinajstić information content (AvgIpc) is 2.39. The summed E-state index contributed by atoms with van der Waals surface area (Å²) in [5.74, 6) is -1.85. The molecule has 0 amide bonds. The van der Waals surface area contributed by atoms with Crippen LogP contribution in [-0.2, 0) is 9.53 Å². The number of nitro groups is 1. The van der Waals surface area contributed by atoms with Gasteiger partial charge in [-0.1, -0.05) is 0 Å². The van der Waals surface area contributed by atoms with Gasteiger partial charge in [-0.25, -0.2) is 0 Å². The lowest BCUT2D eigenvalue weighted by atomic mass is 9.98. The van der Waals surface area contributed by atoms with Crippen LogP contribution < -0.4 is 4.74 Å². The van der Waals surface area contributed by atoms with Crippen LogP contribution in [0.2, 0.25) is 0 Å². The third kappa shape index (κ3) is 3.19. The van der Waals surface area contributed by atoms with E-state index >= 15 is 0 Å². The molecule has 0 fully saturated rings. The van der Waals surface area contributed by atoms with Gasteiger partial charge in [0.2, 0.25) is 0 Å². The summed E-state index contributed by atoms with van der Waals surface area (Å²) in [7, 11) is 1.39. The maximum absolute atomic E-state index is 11.6. The maximum atomic E-state index is 11.6. The fraction of sp³-hybridized carbons (Fsp3) is 0.333. The molecule has 0 aliphatic rings. The molecule has 0 bridgehead atoms. The monoisotopic (exact) mass is 264 g/mol. The first-order chi connectivity index (χ1) is 9.04. The molecule has 0 heterocycles. The van der Waals surface area contributed by atoms with Crippen LogP contribution >= 0.6 is 0 Å². The molecule has 1 atom stereocenters. The standard InChI is InChI=1S/C12H12N2O5/c1-3-19-12(15)10(7-13)9-6-8(18-2)4-5-11(9)14(16)17/h4-6,10H,3H2,1-2H3. The fourth-order valence-corrected chi connectivity index (χ4v) is 1.53. The van der Waals surface area contributed by atoms with Crippen molar-refractivity contribution in [1.82, 2.24) is 0 Å². The molecular weight excluding hydrogens is 252 g/mol. The van der Waals surface area contributed by atoms with Gasteiger partial charge in [-0.2, -0.15) is 5.26 Å². The number of benzene rings is 1. The molecular formula is C12H12N2O5. The summed E-state index contributed by atoms with van der Waals surface area (Å²) in [4.78, 5) is 21.9. The van der Waals surface area contributed by atoms with Crippen LogP contribution in [0, 0.1) is 21.4 Å². The molecule has 19 heavy (non-hydrogen) atoms. The number of rotatable bonds is 5. The Balaban J connectivity index is 3.31. The van der Waals surface area contributed by atoms with Gasteiger partial charge in [0.15, 0.2) is 5.92 Å². The quantitative estimate of drug-likeness (QED) is 0.456. The van der Waals surface area contributed by atoms with Crippen molar-refractivity contribution in [2.45, 2.75) is 12.8 Å². The molecule has 0 N–H and O–H groups in total. The van der Waals surface area contributed by atoms with Crippen molar-refractivity contribution in [1.29, 1.82) is 5.26 Å². The SMILES string of the molecule is CCOC(=O)C(C#N)c1cc(OC)ccc1[N+](=O)[O-]. The van der Waals surface area contributed by atoms with Crippen molar-refractivity contribution in [2.75, 3.05) is 13.7 Å². The van der Waals surface area contributed by atoms with Gasteiger partial charge in [0.1, 0.15) is 5.75 Å². The lowest BCUT2D eigenvalue weighted by Crippen LogP contribution is -2.15. The van der Waals surface area contributed by atoms with Gasteiger partial charge in [0.25, 0.3) is 5.69 Å². The zero-order valence-corrected chi connectivity index (χ0v) is 10.5. The first kappa shape index (κ1) is 14.4. The molecule has 0 spiro atoms. The van der Waals surface area contributed by atoms with Gasteiger partial charge in [0.05, 0.1) is 30.3 Å². The van der Waals surface area contributed by atoms with Crippen LogP contribution in [-0.4, -0.2) is 24.6 Å². The first-order valence-electron chi connectivity index (χ1n) is 5.43. The zero-order chi connectivity index (χ0) is 14.4. The minimum absolute atomic E-state index is 0.0368. The van der Waals surface area contributed by atoms with Crippen molar-refractivity contribution in [3.63, 3.8) is 0 Å². The third-order valence-corrected chi connectivity index (χ3v) is 2.39. The van der Waals surface area contributed by atoms with E-state index in [9.17, 15) is 14.9 Å². The second kappa shape index (κ2) is 6.35. The van der Waals surface area contributed by atoms with Crippen molar-refractivity contribution < 1.29 is 19.2 Å². The van der Waals surface area contributed by atoms with E-state index in [-0.39, 0.29) is 17.9 Å². The lowest BCUT2D eigenvalue weighted by molar-refractivity contribution is -0.385. The number of carbonyl (C=O) groups excluding carboxylic acids is 1. The Kier molecular flexibility index (Phi) is 4.83. The average molecular weight is 264 g/mol. The van der Waals surface area contributed by atoms with Crippen molar-refractivity contribution in [3.8, 4) is 11.8 Å². The van der Waals surface area contributed by atoms with Crippen LogP contribution in [0.4, 0.5) is 5.69 Å². The number of nitriles is 1. The number of esters is 1. The first-order valence-corrected chi connectivity index (χ1v) is 5.43. The van der Waals surface area contributed by atoms with Crippen LogP contribution in [0.3, 0.4) is 0 Å². The van der Waals surface area contributed by atoms with Crippen molar-refractivity contribution in [3.05, 3.63) is 33.9 Å². The molecule has 0 aliphatic heterocycles. The summed E-state index contributed by atoms with van der Waals surface area (Å²) >= 11 is 0. The summed E-state index contributed by atoms with van der Waals surface area (Å²) in [6.45, 7) is 1.68. The zero-order valence-electron chi connectivity index (χ0n) is 10.5. The van der Waals surface area contributed by atoms with E-state index in [1.54, 1.807) is 13.0 Å². The number of nitrogens with zero attached hydrogens (tertiary/aromatic N) is 2. The van der Waals surface area contributed by atoms with E-state index in [1.165, 1.54) is 25.3 Å². The number of carbonyl (C=O) groups is 1. The van der Waals surface area contributed by atoms with E-state index in [1.807, 2.05) is 0 Å². The predicted octanol–water partition coefficient (Wildman–Crippen LogP) is 1.77. The summed E-state index contributed by atoms with van der Waals surface area (Å²) in [5.41, 5.74) is -0.356. The Morgan fingerprint density at radius 2 is 2.26 bits per heavy atom. The molecule has 1 aromatic carbocycles. The minimum atomic E-state index is -1.35. The van der Waals surface area contributed by atoms with Gasteiger partial charge in [-0.05, 0) is 19.1 Å². The molecule has 7 heteroatoms. The third-order valence-electron chi connectivity index (χ3n) is 2.39. The second-order valence-corrected chi connectivity index (χ2v) is 3.50. The van der Waals surface area contributed by atoms with Crippen LogP contribution in [0.1, 0.15) is 18.4 Å². The van der Waals surface area contributed by atoms with Gasteiger partial charge < -0.3 is 9.47 Å². The van der Waals surface area contributed by atoms with Gasteiger partial charge in [-0.3, -0.25) is 14.9 Å². The summed E-state index contributed by atoms with van der Waals surface area (Å²) in [6.07, 6.45) is 0. The number of nitro benzene ring substituents is 1. The van der Waals surface area contributed by atoms with E-state index in [4.69, 9.17) is 14.7 Å². The topological polar surface area (TPSA) is 102 Å². The fourth-order valence-electron chi connectivity index (χ4n) is 1.53. The van der Waals surface area contributed by atoms with E-state index in [0.717, 1.165) is 0 Å². The lowest BCUT2D eigenvalue weighted by Gasteiger charge is -2.10. The Morgan fingerprint density at radius 3 is 2.74 bits per heavy atom. The highest BCUT2D eigenvalue weighted by Crippen LogP contribution is 2.31. The highest BCUT2D eigenvalue weighted by molar-refractivity contribution is 5.83. The highest BCUT2D eigenvalue weighted by Gasteiger charge is 2.29. The molecule has 1 rings (SSSR count). The predicted molar refractivity (Wildman–Crippen MR) is 64.6 cm³/mol. The molecule has 0 aliphatic carbocycles. The minimum Gasteiger partial charge on any atom is -0.497 e. The van der Waals surface area contributed by atoms with Gasteiger partial charge >= 0.3 is 5.97 Å². The second-order valence-electron chi connectivity index (χ2n) is 3.50. The summed E-state index contributed by atoms with van der Waals surface area (Å²) < 4.78 is 9.67. The molecule has 1 unspecified atom stereocenters. The molecule has 0 aromatic heterocycles. The van der Waals surface area contributed by atoms with Crippen LogP contribution in [0.25, 0.3) is 0 Å². The molecule has 0 saturated heterocycles. The van der Waals surface area contributed by atoms with Crippen LogP contribution in [0.5, 0.6) is 5.75 Å². The highest BCUT2D eigenvalue weighted by atomic mass is 16.6. The number of methoxy groups -OCH3 is 1. The van der Waals surface area contributed by atoms with E-state index in [2.05, 4.69) is 0 Å². The van der Waals surface area contributed by atoms with E-state index < -0.39 is 16.8 Å². The summed E-state index contributed by atoms with van der Waals surface area (Å²) in [5, 5.41) is 20.0. The smallest absolute Gasteiger partial charge is 0.328 e. The Morgan fingerprint density at radius 1 is 1.58 bits per heavy atom. The Labute approximate surface area is 109 Å². The molecule has 0 saturated carbocycles. The Bertz CT molecular complexity index is 535. The maximum Gasteiger partial charge on any atom is 0.328 e. The molecule has 1 aromatic rings. The van der Waals surface area contributed by atoms with Crippen LogP contribution in [0.15, 0.2) is 18.2 Å². The number of hydrogen-bond donors (Lipinski definition) is 0. The number of hydrogen-bond acceptors (Lipinski definition) is 6. The van der Waals surface area contributed by atoms with Crippen molar-refractivity contribution in [2.24, 2.45) is 0 Å². The van der Waals surface area contributed by atoms with Gasteiger partial charge in [-0.15, -0.1) is 0 Å². The molecule has 100 valence electrons. The number of ether oxygens (including phenoxy) is 2. The Hall–Kier alpha value is -2.62.